The highest BCUT2D eigenvalue weighted by atomic mass is 16.5. The van der Waals surface area contributed by atoms with Crippen LogP contribution >= 0.6 is 0 Å². The van der Waals surface area contributed by atoms with Crippen LogP contribution in [-0.2, 0) is 19.5 Å². The monoisotopic (exact) mass is 341 g/mol. The fraction of sp³-hybridized carbons (Fsp3) is 0.412. The molecule has 1 aliphatic heterocycles. The van der Waals surface area contributed by atoms with Crippen molar-refractivity contribution in [1.29, 1.82) is 0 Å². The standard InChI is InChI=1S/C17H19N5O3/c1-11-16-3-15(25-17(16)21-12(2)20-11)6-22(4-13-7-23-9-18-13)5-14-8-24-10-19-14/h7-10,15H,3-6H2,1-2H3/t15-/m1/s1. The van der Waals surface area contributed by atoms with Crippen LogP contribution in [0.2, 0.25) is 0 Å². The minimum Gasteiger partial charge on any atom is -0.472 e. The van der Waals surface area contributed by atoms with Gasteiger partial charge >= 0.3 is 0 Å². The van der Waals surface area contributed by atoms with E-state index < -0.39 is 0 Å². The van der Waals surface area contributed by atoms with E-state index in [-0.39, 0.29) is 6.10 Å². The van der Waals surface area contributed by atoms with Gasteiger partial charge in [-0.05, 0) is 13.8 Å². The molecular weight excluding hydrogens is 322 g/mol. The van der Waals surface area contributed by atoms with Gasteiger partial charge in [0.1, 0.15) is 24.5 Å². The lowest BCUT2D eigenvalue weighted by Crippen LogP contribution is -2.34. The maximum atomic E-state index is 6.06. The first-order valence-corrected chi connectivity index (χ1v) is 8.14. The number of aromatic nitrogens is 4. The van der Waals surface area contributed by atoms with Crippen LogP contribution in [0.4, 0.5) is 0 Å². The zero-order chi connectivity index (χ0) is 17.2. The van der Waals surface area contributed by atoms with Crippen molar-refractivity contribution in [2.45, 2.75) is 39.5 Å². The molecule has 1 aliphatic rings. The topological polar surface area (TPSA) is 90.3 Å². The Labute approximate surface area is 144 Å². The van der Waals surface area contributed by atoms with Crippen LogP contribution in [0, 0.1) is 13.8 Å². The van der Waals surface area contributed by atoms with E-state index >= 15 is 0 Å². The third-order valence-electron chi connectivity index (χ3n) is 4.20. The van der Waals surface area contributed by atoms with Crippen LogP contribution in [0.15, 0.2) is 34.1 Å². The van der Waals surface area contributed by atoms with E-state index in [1.165, 1.54) is 12.8 Å². The van der Waals surface area contributed by atoms with E-state index in [4.69, 9.17) is 13.6 Å². The summed E-state index contributed by atoms with van der Waals surface area (Å²) in [6.45, 7) is 5.88. The summed E-state index contributed by atoms with van der Waals surface area (Å²) in [6, 6.07) is 0. The predicted molar refractivity (Wildman–Crippen MR) is 86.7 cm³/mol. The van der Waals surface area contributed by atoms with Crippen LogP contribution in [0.3, 0.4) is 0 Å². The average Bonchev–Trinajstić information content (AvgIpc) is 3.29. The van der Waals surface area contributed by atoms with Gasteiger partial charge in [0.05, 0.1) is 11.4 Å². The fourth-order valence-electron chi connectivity index (χ4n) is 3.13. The van der Waals surface area contributed by atoms with E-state index in [1.807, 2.05) is 13.8 Å². The smallest absolute Gasteiger partial charge is 0.220 e. The molecule has 0 aliphatic carbocycles. The molecule has 3 aromatic rings. The number of hydrogen-bond donors (Lipinski definition) is 0. The minimum absolute atomic E-state index is 0.0172. The van der Waals surface area contributed by atoms with Gasteiger partial charge in [-0.2, -0.15) is 4.98 Å². The summed E-state index contributed by atoms with van der Waals surface area (Å²) in [5.74, 6) is 1.44. The molecule has 0 aromatic carbocycles. The van der Waals surface area contributed by atoms with Crippen molar-refractivity contribution in [3.63, 3.8) is 0 Å². The largest absolute Gasteiger partial charge is 0.472 e. The van der Waals surface area contributed by atoms with Crippen molar-refractivity contribution in [2.24, 2.45) is 0 Å². The number of nitrogens with zero attached hydrogens (tertiary/aromatic N) is 5. The van der Waals surface area contributed by atoms with Gasteiger partial charge in [0.15, 0.2) is 12.8 Å². The summed E-state index contributed by atoms with van der Waals surface area (Å²) in [6.07, 6.45) is 7.00. The Hall–Kier alpha value is -2.74. The fourth-order valence-corrected chi connectivity index (χ4v) is 3.13. The summed E-state index contributed by atoms with van der Waals surface area (Å²) >= 11 is 0. The van der Waals surface area contributed by atoms with Crippen LogP contribution in [-0.4, -0.2) is 37.5 Å². The third kappa shape index (κ3) is 3.53. The maximum absolute atomic E-state index is 6.06. The predicted octanol–water partition coefficient (Wildman–Crippen LogP) is 2.08. The number of aryl methyl sites for hydroxylation is 2. The molecule has 130 valence electrons. The van der Waals surface area contributed by atoms with Gasteiger partial charge in [0, 0.05) is 37.3 Å². The first-order chi connectivity index (χ1) is 12.2. The van der Waals surface area contributed by atoms with Gasteiger partial charge in [0.2, 0.25) is 5.88 Å². The Morgan fingerprint density at radius 1 is 1.04 bits per heavy atom. The van der Waals surface area contributed by atoms with Crippen molar-refractivity contribution < 1.29 is 13.6 Å². The second kappa shape index (κ2) is 6.64. The van der Waals surface area contributed by atoms with E-state index in [2.05, 4.69) is 24.8 Å². The summed E-state index contributed by atoms with van der Waals surface area (Å²) < 4.78 is 16.2. The molecule has 0 spiro atoms. The van der Waals surface area contributed by atoms with E-state index in [1.54, 1.807) is 12.5 Å². The minimum atomic E-state index is 0.0172. The molecule has 0 fully saturated rings. The molecule has 0 bridgehead atoms. The summed E-state index contributed by atoms with van der Waals surface area (Å²) in [5, 5.41) is 0. The van der Waals surface area contributed by atoms with E-state index in [9.17, 15) is 0 Å². The first kappa shape index (κ1) is 15.8. The van der Waals surface area contributed by atoms with E-state index in [0.29, 0.717) is 25.5 Å². The molecule has 8 heteroatoms. The van der Waals surface area contributed by atoms with Gasteiger partial charge in [-0.25, -0.2) is 15.0 Å². The molecule has 0 unspecified atom stereocenters. The van der Waals surface area contributed by atoms with Gasteiger partial charge in [-0.1, -0.05) is 0 Å². The Bertz CT molecular complexity index is 796. The van der Waals surface area contributed by atoms with Gasteiger partial charge in [-0.3, -0.25) is 4.90 Å². The molecular formula is C17H19N5O3. The molecule has 25 heavy (non-hydrogen) atoms. The highest BCUT2D eigenvalue weighted by Gasteiger charge is 2.29. The number of oxazole rings is 2. The van der Waals surface area contributed by atoms with Crippen LogP contribution in [0.25, 0.3) is 0 Å². The number of fused-ring (bicyclic) bond motifs is 1. The summed E-state index contributed by atoms with van der Waals surface area (Å²) in [7, 11) is 0. The van der Waals surface area contributed by atoms with Crippen molar-refractivity contribution in [1.82, 2.24) is 24.8 Å². The second-order valence-electron chi connectivity index (χ2n) is 6.21. The molecule has 3 aromatic heterocycles. The number of hydrogen-bond acceptors (Lipinski definition) is 8. The molecule has 8 nitrogen and oxygen atoms in total. The SMILES string of the molecule is Cc1nc(C)c2c(n1)O[C@@H](CN(Cc1cocn1)Cc1cocn1)C2. The first-order valence-electron chi connectivity index (χ1n) is 8.14. The summed E-state index contributed by atoms with van der Waals surface area (Å²) in [5.41, 5.74) is 3.82. The molecule has 4 rings (SSSR count). The number of ether oxygens (including phenoxy) is 1. The van der Waals surface area contributed by atoms with Gasteiger partial charge in [0.25, 0.3) is 0 Å². The van der Waals surface area contributed by atoms with Crippen molar-refractivity contribution in [3.8, 4) is 5.88 Å². The zero-order valence-corrected chi connectivity index (χ0v) is 14.2. The molecule has 4 heterocycles. The number of rotatable bonds is 6. The lowest BCUT2D eigenvalue weighted by Gasteiger charge is -2.23. The lowest BCUT2D eigenvalue weighted by atomic mass is 10.1. The Morgan fingerprint density at radius 2 is 1.72 bits per heavy atom. The van der Waals surface area contributed by atoms with Crippen LogP contribution in [0.1, 0.15) is 28.5 Å². The van der Waals surface area contributed by atoms with Crippen molar-refractivity contribution >= 4 is 0 Å². The molecule has 0 amide bonds. The van der Waals surface area contributed by atoms with Crippen molar-refractivity contribution in [3.05, 3.63) is 53.8 Å². The van der Waals surface area contributed by atoms with Crippen molar-refractivity contribution in [2.75, 3.05) is 6.54 Å². The molecule has 0 saturated heterocycles. The maximum Gasteiger partial charge on any atom is 0.220 e. The third-order valence-corrected chi connectivity index (χ3v) is 4.20. The normalized spacial score (nSPS) is 16.2. The highest BCUT2D eigenvalue weighted by molar-refractivity contribution is 5.34. The second-order valence-corrected chi connectivity index (χ2v) is 6.21. The Kier molecular flexibility index (Phi) is 4.19. The van der Waals surface area contributed by atoms with Crippen LogP contribution < -0.4 is 4.74 Å². The summed E-state index contributed by atoms with van der Waals surface area (Å²) in [4.78, 5) is 19.5. The highest BCUT2D eigenvalue weighted by Crippen LogP contribution is 2.29. The molecule has 0 radical (unpaired) electrons. The Morgan fingerprint density at radius 3 is 2.32 bits per heavy atom. The molecule has 1 atom stereocenters. The van der Waals surface area contributed by atoms with Gasteiger partial charge < -0.3 is 13.6 Å². The molecule has 0 N–H and O–H groups in total. The molecule has 0 saturated carbocycles. The van der Waals surface area contributed by atoms with Gasteiger partial charge in [-0.15, -0.1) is 0 Å². The quantitative estimate of drug-likeness (QED) is 0.673. The Balaban J connectivity index is 1.48. The van der Waals surface area contributed by atoms with E-state index in [0.717, 1.165) is 34.9 Å². The van der Waals surface area contributed by atoms with Crippen LogP contribution in [0.5, 0.6) is 5.88 Å². The average molecular weight is 341 g/mol. The lowest BCUT2D eigenvalue weighted by molar-refractivity contribution is 0.135. The zero-order valence-electron chi connectivity index (χ0n) is 14.2.